The van der Waals surface area contributed by atoms with Gasteiger partial charge in [-0.2, -0.15) is 0 Å². The summed E-state index contributed by atoms with van der Waals surface area (Å²) in [6.45, 7) is 0. The Morgan fingerprint density at radius 1 is 0.308 bits per heavy atom. The topological polar surface area (TPSA) is 38.7 Å². The molecule has 0 radical (unpaired) electrons. The van der Waals surface area contributed by atoms with Crippen LogP contribution in [0.25, 0.3) is 99.5 Å². The first-order chi connectivity index (χ1) is 27.0. The first-order valence-electron chi connectivity index (χ1n) is 18.9. The van der Waals surface area contributed by atoms with Crippen LogP contribution < -0.4 is 0 Å². The van der Waals surface area contributed by atoms with Gasteiger partial charge in [-0.25, -0.2) is 15.0 Å². The molecule has 0 atom stereocenters. The highest BCUT2D eigenvalue weighted by molar-refractivity contribution is 6.11. The Morgan fingerprint density at radius 2 is 0.865 bits per heavy atom. The smallest absolute Gasteiger partial charge is 0.164 e. The molecule has 1 aromatic heterocycles. The fourth-order valence-electron chi connectivity index (χ4n) is 7.25. The van der Waals surface area contributed by atoms with Gasteiger partial charge in [-0.1, -0.05) is 176 Å². The number of fused-ring (bicyclic) bond motifs is 5. The minimum Gasteiger partial charge on any atom is -0.208 e. The monoisotopic (exact) mass is 664 g/mol. The van der Waals surface area contributed by atoms with E-state index in [0.29, 0.717) is 22.8 Å². The molecule has 52 heavy (non-hydrogen) atoms. The van der Waals surface area contributed by atoms with Crippen LogP contribution in [0.15, 0.2) is 188 Å². The second-order valence-corrected chi connectivity index (χ2v) is 13.0. The van der Waals surface area contributed by atoms with Crippen LogP contribution in [-0.2, 0) is 0 Å². The summed E-state index contributed by atoms with van der Waals surface area (Å²) in [5.74, 6) is 1.11. The lowest BCUT2D eigenvalue weighted by Crippen LogP contribution is -2.01. The average Bonchev–Trinajstić information content (AvgIpc) is 3.23. The van der Waals surface area contributed by atoms with Crippen molar-refractivity contribution in [2.24, 2.45) is 0 Å². The lowest BCUT2D eigenvalue weighted by molar-refractivity contribution is 1.08. The van der Waals surface area contributed by atoms with Crippen molar-refractivity contribution in [3.05, 3.63) is 188 Å². The van der Waals surface area contributed by atoms with Gasteiger partial charge in [0.2, 0.25) is 0 Å². The molecule has 0 spiro atoms. The molecule has 0 fully saturated rings. The molecule has 3 heteroatoms. The van der Waals surface area contributed by atoms with Crippen LogP contribution in [0, 0.1) is 0 Å². The van der Waals surface area contributed by atoms with E-state index in [9.17, 15) is 1.37 Å². The van der Waals surface area contributed by atoms with Crippen molar-refractivity contribution in [1.82, 2.24) is 15.0 Å². The third-order valence-corrected chi connectivity index (χ3v) is 9.85. The maximum atomic E-state index is 9.57. The van der Waals surface area contributed by atoms with E-state index in [1.807, 2.05) is 78.9 Å². The van der Waals surface area contributed by atoms with E-state index in [1.165, 1.54) is 11.5 Å². The van der Waals surface area contributed by atoms with Gasteiger partial charge < -0.3 is 0 Å². The third kappa shape index (κ3) is 5.28. The maximum absolute atomic E-state index is 9.57. The van der Waals surface area contributed by atoms with E-state index in [4.69, 9.17) is 17.7 Å². The average molecular weight is 665 g/mol. The van der Waals surface area contributed by atoms with E-state index in [1.54, 1.807) is 0 Å². The van der Waals surface area contributed by atoms with Gasteiger partial charge in [0.05, 0.1) is 4.11 Å². The summed E-state index contributed by atoms with van der Waals surface area (Å²) in [6, 6.07) is 57.2. The van der Waals surface area contributed by atoms with Crippen LogP contribution in [0.4, 0.5) is 0 Å². The molecule has 0 amide bonds. The largest absolute Gasteiger partial charge is 0.208 e. The first-order valence-corrected chi connectivity index (χ1v) is 17.4. The number of nitrogens with zero attached hydrogens (tertiary/aromatic N) is 3. The summed E-state index contributed by atoms with van der Waals surface area (Å²) in [7, 11) is 0. The summed E-state index contributed by atoms with van der Waals surface area (Å²) >= 11 is 0. The Bertz CT molecular complexity index is 3130. The van der Waals surface area contributed by atoms with Crippen LogP contribution >= 0.6 is 0 Å². The quantitative estimate of drug-likeness (QED) is 0.172. The van der Waals surface area contributed by atoms with Gasteiger partial charge in [0.25, 0.3) is 0 Å². The molecule has 0 aliphatic rings. The summed E-state index contributed by atoms with van der Waals surface area (Å²) in [4.78, 5) is 15.1. The van der Waals surface area contributed by atoms with Crippen molar-refractivity contribution in [3.8, 4) is 56.4 Å². The molecule has 10 aromatic rings. The molecular weight excluding hydrogens is 631 g/mol. The lowest BCUT2D eigenvalue weighted by atomic mass is 9.96. The summed E-state index contributed by atoms with van der Waals surface area (Å²) < 4.78 is 27.6. The zero-order valence-corrected chi connectivity index (χ0v) is 28.0. The first kappa shape index (κ1) is 26.8. The Kier molecular flexibility index (Phi) is 6.41. The predicted molar refractivity (Wildman–Crippen MR) is 217 cm³/mol. The zero-order valence-electron chi connectivity index (χ0n) is 31.0. The van der Waals surface area contributed by atoms with Crippen LogP contribution in [-0.4, -0.2) is 15.0 Å². The van der Waals surface area contributed by atoms with E-state index in [2.05, 4.69) is 84.9 Å². The highest BCUT2D eigenvalue weighted by Gasteiger charge is 2.16. The van der Waals surface area contributed by atoms with Gasteiger partial charge in [0, 0.05) is 16.7 Å². The van der Waals surface area contributed by atoms with Gasteiger partial charge in [0.15, 0.2) is 17.5 Å². The maximum Gasteiger partial charge on any atom is 0.164 e. The Labute approximate surface area is 305 Å². The van der Waals surface area contributed by atoms with Gasteiger partial charge >= 0.3 is 0 Å². The fourth-order valence-corrected chi connectivity index (χ4v) is 7.25. The molecule has 0 aliphatic carbocycles. The summed E-state index contributed by atoms with van der Waals surface area (Å²) in [6.07, 6.45) is 0. The molecule has 0 saturated carbocycles. The van der Waals surface area contributed by atoms with E-state index in [0.717, 1.165) is 60.0 Å². The Hall–Kier alpha value is -6.97. The number of rotatable bonds is 5. The zero-order chi connectivity index (χ0) is 37.0. The van der Waals surface area contributed by atoms with E-state index in [-0.39, 0.29) is 29.5 Å². The normalized spacial score (nSPS) is 12.3. The second kappa shape index (κ2) is 12.4. The standard InChI is InChI=1S/C49H31N3/c1-2-13-37-31-40(27-24-32(37)10-1)48-50-47(51-49(52-48)46-21-9-20-44-43-18-6-4-12-35(43)28-29-45(44)46)39-16-7-15-38(30-39)33-22-25-36(26-23-33)42-19-8-14-34-11-3-5-17-41(34)42/h1-31H/i15D,16D,30D. The fraction of sp³-hybridized carbons (Fsp3) is 0. The minimum atomic E-state index is 0.0108. The van der Waals surface area contributed by atoms with Crippen molar-refractivity contribution in [2.45, 2.75) is 0 Å². The SMILES string of the molecule is [2H]c1cc([2H])c(-c2nc(-c3ccc4ccccc4c3)nc(-c3cccc4c3ccc3ccccc34)n2)c([2H])c1-c1ccc(-c2cccc3ccccc23)cc1. The van der Waals surface area contributed by atoms with Crippen molar-refractivity contribution in [1.29, 1.82) is 0 Å². The summed E-state index contributed by atoms with van der Waals surface area (Å²) in [5, 5.41) is 8.84. The molecule has 3 nitrogen and oxygen atoms in total. The molecule has 0 N–H and O–H groups in total. The van der Waals surface area contributed by atoms with Crippen molar-refractivity contribution >= 4 is 43.1 Å². The Balaban J connectivity index is 1.16. The molecular formula is C49H31N3. The second-order valence-electron chi connectivity index (χ2n) is 13.0. The van der Waals surface area contributed by atoms with Crippen LogP contribution in [0.5, 0.6) is 0 Å². The molecule has 0 aliphatic heterocycles. The molecule has 0 bridgehead atoms. The number of aromatic nitrogens is 3. The Morgan fingerprint density at radius 3 is 1.71 bits per heavy atom. The van der Waals surface area contributed by atoms with Crippen molar-refractivity contribution in [3.63, 3.8) is 0 Å². The highest BCUT2D eigenvalue weighted by Crippen LogP contribution is 2.35. The van der Waals surface area contributed by atoms with Gasteiger partial charge in [-0.3, -0.25) is 0 Å². The predicted octanol–water partition coefficient (Wildman–Crippen LogP) is 12.8. The van der Waals surface area contributed by atoms with Crippen LogP contribution in [0.1, 0.15) is 4.11 Å². The molecule has 242 valence electrons. The van der Waals surface area contributed by atoms with Crippen LogP contribution in [0.3, 0.4) is 0 Å². The lowest BCUT2D eigenvalue weighted by Gasteiger charge is -2.12. The van der Waals surface area contributed by atoms with Crippen molar-refractivity contribution < 1.29 is 4.11 Å². The van der Waals surface area contributed by atoms with Gasteiger partial charge in [-0.05, 0) is 77.5 Å². The summed E-state index contributed by atoms with van der Waals surface area (Å²) in [5.41, 5.74) is 5.17. The van der Waals surface area contributed by atoms with Gasteiger partial charge in [0.1, 0.15) is 0 Å². The molecule has 10 rings (SSSR count). The minimum absolute atomic E-state index is 0.0108. The molecule has 9 aromatic carbocycles. The third-order valence-electron chi connectivity index (χ3n) is 9.85. The van der Waals surface area contributed by atoms with E-state index >= 15 is 0 Å². The molecule has 0 unspecified atom stereocenters. The number of hydrogen-bond acceptors (Lipinski definition) is 3. The van der Waals surface area contributed by atoms with Crippen LogP contribution in [0.2, 0.25) is 0 Å². The van der Waals surface area contributed by atoms with E-state index < -0.39 is 0 Å². The van der Waals surface area contributed by atoms with Crippen molar-refractivity contribution in [2.75, 3.05) is 0 Å². The molecule has 1 heterocycles. The highest BCUT2D eigenvalue weighted by atomic mass is 15.0. The van der Waals surface area contributed by atoms with Gasteiger partial charge in [-0.15, -0.1) is 0 Å². The number of hydrogen-bond donors (Lipinski definition) is 0. The molecule has 0 saturated heterocycles. The number of benzene rings is 9.